The standard InChI is InChI=1S/C18H18N6/c1-2-24-15-10-12(7-8-13(15)16(23-24)11-5-6-11)20-18-14-4-3-9-19-17(14)21-22-18/h3-4,7-11H,2,5-6H2,1H3,(H2,19,20,21,22)/i1D3. The lowest BCUT2D eigenvalue weighted by Crippen LogP contribution is -1.97. The van der Waals surface area contributed by atoms with E-state index in [-0.39, 0.29) is 6.54 Å². The van der Waals surface area contributed by atoms with Crippen molar-refractivity contribution in [1.29, 1.82) is 0 Å². The first kappa shape index (κ1) is 10.8. The predicted octanol–water partition coefficient (Wildman–Crippen LogP) is 3.95. The van der Waals surface area contributed by atoms with Crippen molar-refractivity contribution in [3.05, 3.63) is 42.2 Å². The molecule has 120 valence electrons. The molecular formula is C18H18N6. The van der Waals surface area contributed by atoms with Crippen LogP contribution < -0.4 is 5.32 Å². The number of nitrogens with zero attached hydrogens (tertiary/aromatic N) is 4. The first-order valence-electron chi connectivity index (χ1n) is 9.54. The second kappa shape index (κ2) is 5.06. The zero-order valence-electron chi connectivity index (χ0n) is 16.0. The summed E-state index contributed by atoms with van der Waals surface area (Å²) in [5.41, 5.74) is 3.33. The highest BCUT2D eigenvalue weighted by Gasteiger charge is 2.28. The van der Waals surface area contributed by atoms with Crippen LogP contribution in [0.25, 0.3) is 21.9 Å². The molecule has 0 atom stereocenters. The van der Waals surface area contributed by atoms with Crippen LogP contribution in [0.2, 0.25) is 0 Å². The smallest absolute Gasteiger partial charge is 0.183 e. The number of aromatic nitrogens is 5. The van der Waals surface area contributed by atoms with Crippen molar-refractivity contribution in [2.24, 2.45) is 0 Å². The van der Waals surface area contributed by atoms with Gasteiger partial charge in [-0.3, -0.25) is 9.78 Å². The summed E-state index contributed by atoms with van der Waals surface area (Å²) in [6.07, 6.45) is 3.94. The molecule has 0 saturated heterocycles. The van der Waals surface area contributed by atoms with E-state index >= 15 is 0 Å². The molecule has 5 rings (SSSR count). The Kier molecular flexibility index (Phi) is 2.28. The van der Waals surface area contributed by atoms with E-state index in [1.54, 1.807) is 10.9 Å². The SMILES string of the molecule is [2H]C([2H])([2H])Cn1nc(C2CC2)c2ccc(Nc3[nH]nc4ncccc34)cc21. The van der Waals surface area contributed by atoms with E-state index in [0.29, 0.717) is 11.6 Å². The molecule has 0 bridgehead atoms. The first-order valence-corrected chi connectivity index (χ1v) is 8.04. The number of hydrogen-bond donors (Lipinski definition) is 2. The van der Waals surface area contributed by atoms with Crippen molar-refractivity contribution in [1.82, 2.24) is 25.0 Å². The number of aryl methyl sites for hydroxylation is 1. The summed E-state index contributed by atoms with van der Waals surface area (Å²) in [4.78, 5) is 4.22. The van der Waals surface area contributed by atoms with Gasteiger partial charge in [-0.25, -0.2) is 4.98 Å². The van der Waals surface area contributed by atoms with E-state index in [1.165, 1.54) is 0 Å². The monoisotopic (exact) mass is 321 g/mol. The molecule has 3 aromatic heterocycles. The number of aromatic amines is 1. The first-order chi connectivity index (χ1) is 13.0. The molecule has 2 N–H and O–H groups in total. The molecule has 3 heterocycles. The maximum absolute atomic E-state index is 7.62. The summed E-state index contributed by atoms with van der Waals surface area (Å²) in [6.45, 7) is -2.18. The third kappa shape index (κ3) is 2.06. The quantitative estimate of drug-likeness (QED) is 0.597. The summed E-state index contributed by atoms with van der Waals surface area (Å²) in [5.74, 6) is 1.20. The number of H-pyrrole nitrogens is 1. The molecule has 4 aromatic rings. The second-order valence-electron chi connectivity index (χ2n) is 6.15. The Balaban J connectivity index is 1.56. The van der Waals surface area contributed by atoms with E-state index in [2.05, 4.69) is 25.6 Å². The highest BCUT2D eigenvalue weighted by molar-refractivity contribution is 5.91. The summed E-state index contributed by atoms with van der Waals surface area (Å²) in [6, 6.07) is 9.75. The van der Waals surface area contributed by atoms with E-state index < -0.39 is 6.85 Å². The highest BCUT2D eigenvalue weighted by atomic mass is 15.3. The van der Waals surface area contributed by atoms with Gasteiger partial charge in [0.25, 0.3) is 0 Å². The molecule has 0 spiro atoms. The Morgan fingerprint density at radius 1 is 1.33 bits per heavy atom. The summed E-state index contributed by atoms with van der Waals surface area (Å²) in [5, 5.41) is 17.0. The van der Waals surface area contributed by atoms with Gasteiger partial charge in [0.1, 0.15) is 5.82 Å². The Hall–Kier alpha value is -2.89. The van der Waals surface area contributed by atoms with Crippen LogP contribution in [0.4, 0.5) is 11.5 Å². The minimum Gasteiger partial charge on any atom is -0.340 e. The van der Waals surface area contributed by atoms with Gasteiger partial charge >= 0.3 is 0 Å². The molecule has 0 unspecified atom stereocenters. The van der Waals surface area contributed by atoms with Crippen molar-refractivity contribution >= 4 is 33.4 Å². The average Bonchev–Trinajstić information content (AvgIpc) is 3.31. The number of nitrogens with one attached hydrogen (secondary N) is 2. The Morgan fingerprint density at radius 3 is 3.17 bits per heavy atom. The van der Waals surface area contributed by atoms with E-state index in [9.17, 15) is 0 Å². The van der Waals surface area contributed by atoms with Gasteiger partial charge in [-0.15, -0.1) is 0 Å². The molecule has 6 heteroatoms. The van der Waals surface area contributed by atoms with Crippen LogP contribution in [0.3, 0.4) is 0 Å². The summed E-state index contributed by atoms with van der Waals surface area (Å²) >= 11 is 0. The molecule has 1 saturated carbocycles. The average molecular weight is 321 g/mol. The lowest BCUT2D eigenvalue weighted by atomic mass is 10.1. The third-order valence-electron chi connectivity index (χ3n) is 4.49. The lowest BCUT2D eigenvalue weighted by molar-refractivity contribution is 0.669. The third-order valence-corrected chi connectivity index (χ3v) is 4.49. The Labute approximate surface area is 143 Å². The molecule has 1 aliphatic carbocycles. The van der Waals surface area contributed by atoms with Crippen LogP contribution >= 0.6 is 0 Å². The molecular weight excluding hydrogens is 300 g/mol. The molecule has 0 radical (unpaired) electrons. The van der Waals surface area contributed by atoms with E-state index in [0.717, 1.165) is 46.3 Å². The fourth-order valence-electron chi connectivity index (χ4n) is 3.15. The Bertz CT molecular complexity index is 1140. The van der Waals surface area contributed by atoms with E-state index in [4.69, 9.17) is 4.11 Å². The van der Waals surface area contributed by atoms with Gasteiger partial charge < -0.3 is 5.32 Å². The normalized spacial score (nSPS) is 16.9. The van der Waals surface area contributed by atoms with Crippen molar-refractivity contribution in [2.75, 3.05) is 5.32 Å². The molecule has 1 aromatic carbocycles. The van der Waals surface area contributed by atoms with Gasteiger partial charge in [-0.2, -0.15) is 10.2 Å². The molecule has 1 fully saturated rings. The maximum atomic E-state index is 7.62. The van der Waals surface area contributed by atoms with Crippen molar-refractivity contribution in [2.45, 2.75) is 32.2 Å². The molecule has 0 amide bonds. The van der Waals surface area contributed by atoms with Crippen LogP contribution in [-0.4, -0.2) is 25.0 Å². The molecule has 6 nitrogen and oxygen atoms in total. The Morgan fingerprint density at radius 2 is 2.29 bits per heavy atom. The van der Waals surface area contributed by atoms with Crippen LogP contribution in [0.5, 0.6) is 0 Å². The minimum absolute atomic E-state index is 0.101. The van der Waals surface area contributed by atoms with Gasteiger partial charge in [0.05, 0.1) is 16.6 Å². The van der Waals surface area contributed by atoms with Crippen LogP contribution in [0.1, 0.15) is 35.4 Å². The molecule has 0 aliphatic heterocycles. The predicted molar refractivity (Wildman–Crippen MR) is 94.6 cm³/mol. The zero-order chi connectivity index (χ0) is 18.6. The number of fused-ring (bicyclic) bond motifs is 2. The number of pyridine rings is 1. The fraction of sp³-hybridized carbons (Fsp3) is 0.278. The van der Waals surface area contributed by atoms with Crippen LogP contribution in [0, 0.1) is 0 Å². The molecule has 24 heavy (non-hydrogen) atoms. The highest BCUT2D eigenvalue weighted by Crippen LogP contribution is 2.42. The van der Waals surface area contributed by atoms with Crippen molar-refractivity contribution in [3.63, 3.8) is 0 Å². The van der Waals surface area contributed by atoms with Gasteiger partial charge in [-0.1, -0.05) is 0 Å². The number of hydrogen-bond acceptors (Lipinski definition) is 4. The minimum atomic E-state index is -2.07. The largest absolute Gasteiger partial charge is 0.340 e. The van der Waals surface area contributed by atoms with E-state index in [1.807, 2.05) is 30.3 Å². The number of benzene rings is 1. The van der Waals surface area contributed by atoms with Crippen LogP contribution in [0.15, 0.2) is 36.5 Å². The summed E-state index contributed by atoms with van der Waals surface area (Å²) in [7, 11) is 0. The second-order valence-corrected chi connectivity index (χ2v) is 6.15. The summed E-state index contributed by atoms with van der Waals surface area (Å²) < 4.78 is 24.5. The lowest BCUT2D eigenvalue weighted by Gasteiger charge is -2.06. The number of anilines is 2. The van der Waals surface area contributed by atoms with Gasteiger partial charge in [0, 0.05) is 33.8 Å². The topological polar surface area (TPSA) is 71.4 Å². The fourth-order valence-corrected chi connectivity index (χ4v) is 3.15. The number of rotatable bonds is 4. The van der Waals surface area contributed by atoms with Gasteiger partial charge in [0.15, 0.2) is 5.65 Å². The molecule has 1 aliphatic rings. The maximum Gasteiger partial charge on any atom is 0.183 e. The van der Waals surface area contributed by atoms with Crippen molar-refractivity contribution in [3.8, 4) is 0 Å². The van der Waals surface area contributed by atoms with Gasteiger partial charge in [0.2, 0.25) is 0 Å². The van der Waals surface area contributed by atoms with Gasteiger partial charge in [-0.05, 0) is 50.0 Å². The zero-order valence-corrected chi connectivity index (χ0v) is 13.0. The van der Waals surface area contributed by atoms with Crippen LogP contribution in [-0.2, 0) is 6.54 Å². The van der Waals surface area contributed by atoms with Crippen molar-refractivity contribution < 1.29 is 4.11 Å².